The molecule has 3 saturated heterocycles. The summed E-state index contributed by atoms with van der Waals surface area (Å²) in [6, 6.07) is 0.292. The van der Waals surface area contributed by atoms with Gasteiger partial charge in [-0.15, -0.1) is 0 Å². The number of carbonyl (C=O) groups excluding carboxylic acids is 3. The van der Waals surface area contributed by atoms with Crippen molar-refractivity contribution in [2.24, 2.45) is 47.3 Å². The van der Waals surface area contributed by atoms with Gasteiger partial charge in [-0.05, 0) is 114 Å². The highest BCUT2D eigenvalue weighted by molar-refractivity contribution is 6.02. The first-order valence-corrected chi connectivity index (χ1v) is 22.0. The van der Waals surface area contributed by atoms with Crippen LogP contribution >= 0.6 is 0 Å². The molecule has 0 aromatic heterocycles. The van der Waals surface area contributed by atoms with Crippen LogP contribution in [0.3, 0.4) is 0 Å². The Balaban J connectivity index is 1.19. The average molecular weight is 816 g/mol. The van der Waals surface area contributed by atoms with Crippen LogP contribution in [-0.4, -0.2) is 137 Å². The van der Waals surface area contributed by atoms with Gasteiger partial charge in [0.2, 0.25) is 0 Å². The molecule has 2 unspecified atom stereocenters. The maximum absolute atomic E-state index is 15.0. The van der Waals surface area contributed by atoms with Crippen molar-refractivity contribution < 1.29 is 57.4 Å². The van der Waals surface area contributed by atoms with E-state index in [1.54, 1.807) is 21.3 Å². The molecule has 7 rings (SSSR count). The Morgan fingerprint density at radius 1 is 0.810 bits per heavy atom. The van der Waals surface area contributed by atoms with Crippen LogP contribution in [0, 0.1) is 47.3 Å². The van der Waals surface area contributed by atoms with Crippen molar-refractivity contribution in [3.05, 3.63) is 23.3 Å². The maximum Gasteiger partial charge on any atom is 0.306 e. The highest BCUT2D eigenvalue weighted by atomic mass is 16.7. The summed E-state index contributed by atoms with van der Waals surface area (Å²) in [5.74, 6) is -2.39. The van der Waals surface area contributed by atoms with E-state index in [-0.39, 0.29) is 90.7 Å². The molecule has 0 radical (unpaired) electrons. The lowest BCUT2D eigenvalue weighted by molar-refractivity contribution is -0.314. The number of methoxy groups -OCH3 is 3. The molecule has 2 saturated carbocycles. The third-order valence-corrected chi connectivity index (χ3v) is 15.2. The number of cyclic esters (lactones) is 1. The summed E-state index contributed by atoms with van der Waals surface area (Å²) in [5.41, 5.74) is 1.02. The molecule has 5 fully saturated rings. The second kappa shape index (κ2) is 18.5. The minimum absolute atomic E-state index is 0.0152. The van der Waals surface area contributed by atoms with Crippen LogP contribution in [0.4, 0.5) is 0 Å². The molecular weight excluding hydrogens is 746 g/mol. The van der Waals surface area contributed by atoms with Gasteiger partial charge < -0.3 is 47.9 Å². The highest BCUT2D eigenvalue weighted by Gasteiger charge is 2.62. The van der Waals surface area contributed by atoms with Crippen LogP contribution in [-0.2, 0) is 52.3 Å². The molecule has 0 aromatic rings. The minimum Gasteiger partial charge on any atom is -0.462 e. The molecule has 1 N–H and O–H groups in total. The third-order valence-electron chi connectivity index (χ3n) is 15.2. The molecule has 0 bridgehead atoms. The van der Waals surface area contributed by atoms with E-state index in [4.69, 9.17) is 37.9 Å². The van der Waals surface area contributed by atoms with Gasteiger partial charge in [0.15, 0.2) is 24.1 Å². The van der Waals surface area contributed by atoms with Gasteiger partial charge in [-0.1, -0.05) is 26.0 Å². The van der Waals surface area contributed by atoms with Crippen LogP contribution in [0.15, 0.2) is 23.3 Å². The Bertz CT molecular complexity index is 1550. The summed E-state index contributed by atoms with van der Waals surface area (Å²) < 4.78 is 50.0. The van der Waals surface area contributed by atoms with Gasteiger partial charge in [-0.3, -0.25) is 14.4 Å². The Labute approximate surface area is 344 Å². The zero-order chi connectivity index (χ0) is 41.6. The van der Waals surface area contributed by atoms with Gasteiger partial charge >= 0.3 is 5.97 Å². The number of aliphatic hydroxyl groups excluding tert-OH is 1. The van der Waals surface area contributed by atoms with Crippen LogP contribution < -0.4 is 0 Å². The topological polar surface area (TPSA) is 149 Å². The van der Waals surface area contributed by atoms with Crippen molar-refractivity contribution in [1.82, 2.24) is 4.90 Å². The average Bonchev–Trinajstić information content (AvgIpc) is 3.88. The molecule has 7 aliphatic rings. The quantitative estimate of drug-likeness (QED) is 0.305. The molecule has 19 atom stereocenters. The Hall–Kier alpha value is -2.07. The maximum atomic E-state index is 15.0. The van der Waals surface area contributed by atoms with Crippen molar-refractivity contribution in [2.45, 2.75) is 153 Å². The number of esters is 1. The van der Waals surface area contributed by atoms with Crippen LogP contribution in [0.2, 0.25) is 0 Å². The van der Waals surface area contributed by atoms with E-state index in [2.05, 4.69) is 32.0 Å². The second-order valence-corrected chi connectivity index (χ2v) is 18.4. The number of nitrogens with zero attached hydrogens (tertiary/aromatic N) is 1. The van der Waals surface area contributed by atoms with Crippen molar-refractivity contribution in [3.8, 4) is 0 Å². The monoisotopic (exact) mass is 815 g/mol. The van der Waals surface area contributed by atoms with Gasteiger partial charge in [0.05, 0.1) is 37.4 Å². The minimum atomic E-state index is -0.704. The van der Waals surface area contributed by atoms with E-state index in [1.807, 2.05) is 26.8 Å². The molecule has 0 amide bonds. The number of allylic oxidation sites excluding steroid dienone is 3. The largest absolute Gasteiger partial charge is 0.462 e. The lowest BCUT2D eigenvalue weighted by Crippen LogP contribution is -2.59. The lowest BCUT2D eigenvalue weighted by Gasteiger charge is -2.45. The number of aliphatic hydroxyl groups is 1. The number of ketones is 2. The predicted molar refractivity (Wildman–Crippen MR) is 212 cm³/mol. The fraction of sp³-hybridized carbons (Fsp3) is 0.844. The molecule has 0 spiro atoms. The van der Waals surface area contributed by atoms with Gasteiger partial charge in [0.1, 0.15) is 24.4 Å². The van der Waals surface area contributed by atoms with E-state index in [0.717, 1.165) is 19.3 Å². The molecule has 326 valence electrons. The first-order valence-electron chi connectivity index (χ1n) is 22.0. The van der Waals surface area contributed by atoms with E-state index in [0.29, 0.717) is 49.3 Å². The van der Waals surface area contributed by atoms with E-state index in [9.17, 15) is 14.7 Å². The molecule has 4 aliphatic carbocycles. The van der Waals surface area contributed by atoms with Gasteiger partial charge in [0, 0.05) is 50.7 Å². The summed E-state index contributed by atoms with van der Waals surface area (Å²) >= 11 is 0. The molecular formula is C45H69NO12. The first kappa shape index (κ1) is 44.0. The summed E-state index contributed by atoms with van der Waals surface area (Å²) in [6.45, 7) is 7.66. The second-order valence-electron chi connectivity index (χ2n) is 18.4. The Kier molecular flexibility index (Phi) is 14.0. The van der Waals surface area contributed by atoms with Crippen molar-refractivity contribution in [1.29, 1.82) is 0 Å². The summed E-state index contributed by atoms with van der Waals surface area (Å²) in [5, 5.41) is 10.4. The fourth-order valence-electron chi connectivity index (χ4n) is 12.3. The molecule has 3 aliphatic heterocycles. The van der Waals surface area contributed by atoms with Gasteiger partial charge in [-0.25, -0.2) is 0 Å². The fourth-order valence-corrected chi connectivity index (χ4v) is 12.3. The standard InChI is InChI=1S/C45H69NO12/c1-10-26-12-11-13-35(58-37-15-14-34(46(5)6)23(3)54-37)22(2)40(49)33-19-31-29-18-27(57-45-44(53-9)43(52-8)42(51-7)24(4)55-45)17-28(29)30-16-25(21-47)41(50)39(30)38(31)32(33)20-36(48)56-26/h16,19,22-24,26-32,34-35,37-39,42-45,47H,10-15,17-18,20-21H2,1-9H3/t22-,23-,24+,26+,27-,28-,29-,30?,31+,32-,34+,35+,37+,38-,39?,42+,43-,44-,45+/m1/s1. The SMILES string of the molecule is CC[C@H]1CCC[C@H](O[C@H]2CC[C@H](N(C)C)[C@@H](C)O2)[C@@H](C)C(=O)C2=C[C@H]3[C@@H]4C[C@H](O[C@@H]5O[C@@H](C)[C@H](OC)[C@@H](OC)[C@H]5OC)C[C@H]4C4C=C(CO)C(=O)C4[C@H]3[C@@H]2CC(=O)O1. The number of hydrogen-bond donors (Lipinski definition) is 1. The van der Waals surface area contributed by atoms with Crippen LogP contribution in [0.25, 0.3) is 0 Å². The number of likely N-dealkylation sites (N-methyl/N-ethyl adjacent to an activating group) is 1. The summed E-state index contributed by atoms with van der Waals surface area (Å²) in [6.07, 6.45) is 6.30. The molecule has 0 aromatic carbocycles. The van der Waals surface area contributed by atoms with Crippen molar-refractivity contribution in [2.75, 3.05) is 42.0 Å². The molecule has 58 heavy (non-hydrogen) atoms. The number of ether oxygens (including phenoxy) is 8. The number of Topliss-reactive ketones (excluding diaryl/α,β-unsaturated/α-hetero) is 2. The summed E-state index contributed by atoms with van der Waals surface area (Å²) in [7, 11) is 9.02. The normalized spacial score (nSPS) is 46.0. The molecule has 3 heterocycles. The van der Waals surface area contributed by atoms with Gasteiger partial charge in [0.25, 0.3) is 0 Å². The summed E-state index contributed by atoms with van der Waals surface area (Å²) in [4.78, 5) is 45.4. The highest BCUT2D eigenvalue weighted by Crippen LogP contribution is 2.63. The Morgan fingerprint density at radius 3 is 2.16 bits per heavy atom. The zero-order valence-electron chi connectivity index (χ0n) is 36.1. The Morgan fingerprint density at radius 2 is 1.52 bits per heavy atom. The zero-order valence-corrected chi connectivity index (χ0v) is 36.1. The molecule has 13 nitrogen and oxygen atoms in total. The van der Waals surface area contributed by atoms with Crippen LogP contribution in [0.5, 0.6) is 0 Å². The predicted octanol–water partition coefficient (Wildman–Crippen LogP) is 4.67. The third kappa shape index (κ3) is 8.30. The van der Waals surface area contributed by atoms with E-state index < -0.39 is 48.6 Å². The number of hydrogen-bond acceptors (Lipinski definition) is 13. The van der Waals surface area contributed by atoms with Crippen LogP contribution in [0.1, 0.15) is 85.5 Å². The molecule has 13 heteroatoms. The number of rotatable bonds is 10. The van der Waals surface area contributed by atoms with Crippen molar-refractivity contribution in [3.63, 3.8) is 0 Å². The smallest absolute Gasteiger partial charge is 0.306 e. The van der Waals surface area contributed by atoms with Gasteiger partial charge in [-0.2, -0.15) is 0 Å². The van der Waals surface area contributed by atoms with E-state index in [1.165, 1.54) is 0 Å². The number of fused-ring (bicyclic) bond motifs is 8. The van der Waals surface area contributed by atoms with Crippen molar-refractivity contribution >= 4 is 17.5 Å². The van der Waals surface area contributed by atoms with E-state index >= 15 is 4.79 Å². The number of carbonyl (C=O) groups is 3. The lowest BCUT2D eigenvalue weighted by atomic mass is 9.57. The first-order chi connectivity index (χ1) is 27.8.